The molecule has 21 heavy (non-hydrogen) atoms. The van der Waals surface area contributed by atoms with Crippen LogP contribution in [0.3, 0.4) is 0 Å². The molecule has 0 saturated carbocycles. The number of nitrogens with zero attached hydrogens (tertiary/aromatic N) is 2. The lowest BCUT2D eigenvalue weighted by molar-refractivity contribution is 0.105. The second-order valence-corrected chi connectivity index (χ2v) is 4.71. The Balaban J connectivity index is 2.06. The number of rotatable bonds is 4. The molecule has 6 nitrogen and oxygen atoms in total. The first kappa shape index (κ1) is 15.3. The van der Waals surface area contributed by atoms with Crippen molar-refractivity contribution in [3.8, 4) is 11.5 Å². The number of anilines is 1. The minimum atomic E-state index is -0.241. The number of benzene rings is 1. The largest absolute Gasteiger partial charge is 0.497 e. The van der Waals surface area contributed by atoms with Gasteiger partial charge < -0.3 is 24.0 Å². The van der Waals surface area contributed by atoms with Crippen molar-refractivity contribution in [2.45, 2.75) is 6.92 Å². The van der Waals surface area contributed by atoms with Gasteiger partial charge in [-0.1, -0.05) is 0 Å². The molecule has 116 valence electrons. The van der Waals surface area contributed by atoms with E-state index in [1.54, 1.807) is 19.1 Å². The van der Waals surface area contributed by atoms with Gasteiger partial charge in [0.2, 0.25) is 0 Å². The Bertz CT molecular complexity index is 485. The Kier molecular flexibility index (Phi) is 5.14. The highest BCUT2D eigenvalue weighted by Gasteiger charge is 2.23. The van der Waals surface area contributed by atoms with E-state index in [0.717, 1.165) is 30.3 Å². The monoisotopic (exact) mass is 294 g/mol. The van der Waals surface area contributed by atoms with Gasteiger partial charge in [-0.25, -0.2) is 4.79 Å². The van der Waals surface area contributed by atoms with Crippen molar-refractivity contribution in [3.05, 3.63) is 18.2 Å². The van der Waals surface area contributed by atoms with Crippen molar-refractivity contribution in [3.63, 3.8) is 0 Å². The molecule has 1 aliphatic heterocycles. The number of amides is 1. The van der Waals surface area contributed by atoms with Crippen LogP contribution in [0.15, 0.2) is 18.2 Å². The van der Waals surface area contributed by atoms with Gasteiger partial charge in [0, 0.05) is 32.2 Å². The van der Waals surface area contributed by atoms with E-state index in [0.29, 0.717) is 19.7 Å². The van der Waals surface area contributed by atoms with Gasteiger partial charge in [0.05, 0.1) is 26.5 Å². The van der Waals surface area contributed by atoms with Crippen LogP contribution < -0.4 is 14.4 Å². The maximum atomic E-state index is 11.7. The van der Waals surface area contributed by atoms with Crippen LogP contribution in [-0.2, 0) is 4.74 Å². The van der Waals surface area contributed by atoms with E-state index in [-0.39, 0.29) is 6.09 Å². The summed E-state index contributed by atoms with van der Waals surface area (Å²) in [5.74, 6) is 1.60. The molecule has 0 aromatic heterocycles. The molecule has 2 rings (SSSR count). The van der Waals surface area contributed by atoms with Crippen molar-refractivity contribution in [1.82, 2.24) is 4.90 Å². The molecule has 0 aliphatic carbocycles. The average Bonchev–Trinajstić information content (AvgIpc) is 2.54. The molecule has 1 fully saturated rings. The number of carbonyl (C=O) groups is 1. The molecule has 1 saturated heterocycles. The maximum Gasteiger partial charge on any atom is 0.409 e. The molecule has 0 atom stereocenters. The van der Waals surface area contributed by atoms with E-state index in [1.807, 2.05) is 25.1 Å². The average molecular weight is 294 g/mol. The molecular formula is C15H22N2O4. The third-order valence-electron chi connectivity index (χ3n) is 3.53. The summed E-state index contributed by atoms with van der Waals surface area (Å²) in [7, 11) is 3.30. The lowest BCUT2D eigenvalue weighted by atomic mass is 10.2. The van der Waals surface area contributed by atoms with Gasteiger partial charge in [-0.3, -0.25) is 0 Å². The van der Waals surface area contributed by atoms with Crippen LogP contribution in [0, 0.1) is 0 Å². The minimum absolute atomic E-state index is 0.241. The summed E-state index contributed by atoms with van der Waals surface area (Å²) >= 11 is 0. The molecular weight excluding hydrogens is 272 g/mol. The van der Waals surface area contributed by atoms with Gasteiger partial charge in [-0.05, 0) is 19.1 Å². The molecule has 0 N–H and O–H groups in total. The number of carbonyl (C=O) groups excluding carboxylic acids is 1. The highest BCUT2D eigenvalue weighted by Crippen LogP contribution is 2.32. The first-order valence-electron chi connectivity index (χ1n) is 7.08. The van der Waals surface area contributed by atoms with Crippen LogP contribution in [0.25, 0.3) is 0 Å². The van der Waals surface area contributed by atoms with E-state index in [9.17, 15) is 4.79 Å². The van der Waals surface area contributed by atoms with Crippen molar-refractivity contribution in [2.75, 3.05) is 51.9 Å². The number of hydrogen-bond acceptors (Lipinski definition) is 5. The van der Waals surface area contributed by atoms with E-state index >= 15 is 0 Å². The molecule has 1 aromatic carbocycles. The fraction of sp³-hybridized carbons (Fsp3) is 0.533. The van der Waals surface area contributed by atoms with Crippen molar-refractivity contribution < 1.29 is 19.0 Å². The number of methoxy groups -OCH3 is 2. The second-order valence-electron chi connectivity index (χ2n) is 4.71. The number of ether oxygens (including phenoxy) is 3. The quantitative estimate of drug-likeness (QED) is 0.850. The maximum absolute atomic E-state index is 11.7. The molecule has 0 spiro atoms. The summed E-state index contributed by atoms with van der Waals surface area (Å²) in [6.45, 7) is 4.97. The number of piperazine rings is 1. The zero-order valence-corrected chi connectivity index (χ0v) is 12.8. The van der Waals surface area contributed by atoms with Gasteiger partial charge >= 0.3 is 6.09 Å². The highest BCUT2D eigenvalue weighted by molar-refractivity contribution is 5.68. The summed E-state index contributed by atoms with van der Waals surface area (Å²) in [5, 5.41) is 0. The van der Waals surface area contributed by atoms with E-state index < -0.39 is 0 Å². The van der Waals surface area contributed by atoms with Gasteiger partial charge in [-0.15, -0.1) is 0 Å². The Morgan fingerprint density at radius 3 is 2.43 bits per heavy atom. The highest BCUT2D eigenvalue weighted by atomic mass is 16.6. The van der Waals surface area contributed by atoms with Crippen molar-refractivity contribution in [2.24, 2.45) is 0 Å². The van der Waals surface area contributed by atoms with E-state index in [2.05, 4.69) is 4.90 Å². The Morgan fingerprint density at radius 1 is 1.14 bits per heavy atom. The third-order valence-corrected chi connectivity index (χ3v) is 3.53. The van der Waals surface area contributed by atoms with Crippen LogP contribution in [0.1, 0.15) is 6.92 Å². The van der Waals surface area contributed by atoms with Gasteiger partial charge in [0.25, 0.3) is 0 Å². The molecule has 6 heteroatoms. The first-order valence-corrected chi connectivity index (χ1v) is 7.08. The lowest BCUT2D eigenvalue weighted by Crippen LogP contribution is -2.49. The van der Waals surface area contributed by atoms with Crippen molar-refractivity contribution >= 4 is 11.8 Å². The Labute approximate surface area is 125 Å². The van der Waals surface area contributed by atoms with Gasteiger partial charge in [-0.2, -0.15) is 0 Å². The summed E-state index contributed by atoms with van der Waals surface area (Å²) in [5.41, 5.74) is 0.986. The Hall–Kier alpha value is -2.11. The number of hydrogen-bond donors (Lipinski definition) is 0. The minimum Gasteiger partial charge on any atom is -0.497 e. The fourth-order valence-corrected chi connectivity index (χ4v) is 2.39. The van der Waals surface area contributed by atoms with Crippen molar-refractivity contribution in [1.29, 1.82) is 0 Å². The lowest BCUT2D eigenvalue weighted by Gasteiger charge is -2.36. The molecule has 0 bridgehead atoms. The normalized spacial score (nSPS) is 14.8. The summed E-state index contributed by atoms with van der Waals surface area (Å²) < 4.78 is 15.7. The summed E-state index contributed by atoms with van der Waals surface area (Å²) in [6, 6.07) is 5.72. The predicted molar refractivity (Wildman–Crippen MR) is 80.4 cm³/mol. The topological polar surface area (TPSA) is 51.2 Å². The van der Waals surface area contributed by atoms with E-state index in [4.69, 9.17) is 14.2 Å². The van der Waals surface area contributed by atoms with Crippen LogP contribution in [0.5, 0.6) is 11.5 Å². The van der Waals surface area contributed by atoms with Crippen LogP contribution in [0.2, 0.25) is 0 Å². The van der Waals surface area contributed by atoms with Gasteiger partial charge in [0.1, 0.15) is 11.5 Å². The molecule has 1 amide bonds. The SMILES string of the molecule is CCOC(=O)N1CCN(c2cc(OC)ccc2OC)CC1. The molecule has 1 heterocycles. The zero-order valence-electron chi connectivity index (χ0n) is 12.8. The molecule has 0 unspecified atom stereocenters. The third kappa shape index (κ3) is 3.51. The Morgan fingerprint density at radius 2 is 1.86 bits per heavy atom. The first-order chi connectivity index (χ1) is 10.2. The zero-order chi connectivity index (χ0) is 15.2. The molecule has 0 radical (unpaired) electrons. The molecule has 1 aliphatic rings. The van der Waals surface area contributed by atoms with Crippen LogP contribution in [-0.4, -0.2) is 58.0 Å². The second kappa shape index (κ2) is 7.06. The summed E-state index contributed by atoms with van der Waals surface area (Å²) in [4.78, 5) is 15.6. The van der Waals surface area contributed by atoms with Crippen LogP contribution in [0.4, 0.5) is 10.5 Å². The van der Waals surface area contributed by atoms with Crippen LogP contribution >= 0.6 is 0 Å². The molecule has 1 aromatic rings. The predicted octanol–water partition coefficient (Wildman–Crippen LogP) is 1.98. The standard InChI is InChI=1S/C15H22N2O4/c1-4-21-15(18)17-9-7-16(8-10-17)13-11-12(19-2)5-6-14(13)20-3/h5-6,11H,4,7-10H2,1-3H3. The fourth-order valence-electron chi connectivity index (χ4n) is 2.39. The summed E-state index contributed by atoms with van der Waals surface area (Å²) in [6.07, 6.45) is -0.241. The van der Waals surface area contributed by atoms with E-state index in [1.165, 1.54) is 0 Å². The smallest absolute Gasteiger partial charge is 0.409 e. The van der Waals surface area contributed by atoms with Gasteiger partial charge in [0.15, 0.2) is 0 Å².